The number of halogens is 1. The van der Waals surface area contributed by atoms with Gasteiger partial charge in [-0.3, -0.25) is 19.8 Å². The molecule has 168 valence electrons. The highest BCUT2D eigenvalue weighted by atomic mass is 35.5. The Balaban J connectivity index is 1.54. The van der Waals surface area contributed by atoms with Gasteiger partial charge in [0.15, 0.2) is 11.5 Å². The molecule has 1 N–H and O–H groups in total. The van der Waals surface area contributed by atoms with Gasteiger partial charge >= 0.3 is 6.03 Å². The molecule has 2 aromatic carbocycles. The van der Waals surface area contributed by atoms with Crippen LogP contribution in [0.2, 0.25) is 5.02 Å². The van der Waals surface area contributed by atoms with E-state index in [4.69, 9.17) is 25.5 Å². The van der Waals surface area contributed by atoms with Crippen LogP contribution in [0.15, 0.2) is 70.9 Å². The minimum absolute atomic E-state index is 0.0942. The second-order valence-electron chi connectivity index (χ2n) is 7.11. The van der Waals surface area contributed by atoms with Crippen LogP contribution < -0.4 is 14.8 Å². The number of nitrogens with one attached hydrogen (secondary N) is 1. The Kier molecular flexibility index (Phi) is 6.46. The first-order valence-electron chi connectivity index (χ1n) is 9.91. The van der Waals surface area contributed by atoms with Crippen molar-refractivity contribution in [1.82, 2.24) is 10.2 Å². The van der Waals surface area contributed by atoms with Gasteiger partial charge in [-0.1, -0.05) is 29.8 Å². The van der Waals surface area contributed by atoms with Crippen molar-refractivity contribution in [3.8, 4) is 11.5 Å². The molecule has 3 aromatic rings. The summed E-state index contributed by atoms with van der Waals surface area (Å²) in [5.74, 6) is -0.171. The van der Waals surface area contributed by atoms with Gasteiger partial charge in [0.25, 0.3) is 11.8 Å². The van der Waals surface area contributed by atoms with Gasteiger partial charge in [-0.25, -0.2) is 4.79 Å². The monoisotopic (exact) mass is 466 g/mol. The summed E-state index contributed by atoms with van der Waals surface area (Å²) in [5, 5.41) is 2.82. The summed E-state index contributed by atoms with van der Waals surface area (Å²) >= 11 is 5.90. The van der Waals surface area contributed by atoms with Crippen molar-refractivity contribution in [2.24, 2.45) is 0 Å². The zero-order valence-corrected chi connectivity index (χ0v) is 18.3. The van der Waals surface area contributed by atoms with E-state index in [1.54, 1.807) is 42.5 Å². The lowest BCUT2D eigenvalue weighted by molar-refractivity contribution is -0.130. The third-order valence-corrected chi connectivity index (χ3v) is 5.14. The van der Waals surface area contributed by atoms with E-state index in [0.29, 0.717) is 34.5 Å². The molecule has 2 heterocycles. The third kappa shape index (κ3) is 5.07. The Hall–Kier alpha value is -4.04. The number of carbonyl (C=O) groups is 3. The number of methoxy groups -OCH3 is 1. The Labute approximate surface area is 194 Å². The van der Waals surface area contributed by atoms with Crippen molar-refractivity contribution in [2.45, 2.75) is 13.2 Å². The molecule has 0 saturated carbocycles. The van der Waals surface area contributed by atoms with Crippen LogP contribution in [0.3, 0.4) is 0 Å². The Morgan fingerprint density at radius 1 is 1.06 bits per heavy atom. The molecule has 33 heavy (non-hydrogen) atoms. The van der Waals surface area contributed by atoms with Crippen molar-refractivity contribution in [3.63, 3.8) is 0 Å². The summed E-state index contributed by atoms with van der Waals surface area (Å²) in [7, 11) is 1.49. The zero-order valence-electron chi connectivity index (χ0n) is 17.5. The number of imide groups is 2. The fraction of sp³-hybridized carbons (Fsp3) is 0.125. The van der Waals surface area contributed by atoms with Crippen molar-refractivity contribution >= 4 is 35.5 Å². The van der Waals surface area contributed by atoms with Crippen LogP contribution in [0.25, 0.3) is 6.08 Å². The van der Waals surface area contributed by atoms with Gasteiger partial charge in [0, 0.05) is 5.02 Å². The van der Waals surface area contributed by atoms with E-state index < -0.39 is 17.8 Å². The molecule has 4 amide bonds. The first kappa shape index (κ1) is 22.2. The SMILES string of the molecule is COc1cc(/C=C2\C(=O)NC(=O)N(Cc3ccco3)C2=O)ccc1OCc1ccc(Cl)cc1. The van der Waals surface area contributed by atoms with Crippen LogP contribution in [0, 0.1) is 0 Å². The van der Waals surface area contributed by atoms with Crippen LogP contribution in [-0.2, 0) is 22.7 Å². The van der Waals surface area contributed by atoms with E-state index >= 15 is 0 Å². The second-order valence-corrected chi connectivity index (χ2v) is 7.55. The van der Waals surface area contributed by atoms with Crippen LogP contribution in [0.5, 0.6) is 11.5 Å². The summed E-state index contributed by atoms with van der Waals surface area (Å²) < 4.78 is 16.4. The van der Waals surface area contributed by atoms with Crippen molar-refractivity contribution in [1.29, 1.82) is 0 Å². The number of furan rings is 1. The molecule has 0 aliphatic carbocycles. The molecule has 0 spiro atoms. The van der Waals surface area contributed by atoms with Crippen LogP contribution >= 0.6 is 11.6 Å². The zero-order chi connectivity index (χ0) is 23.4. The number of benzene rings is 2. The maximum absolute atomic E-state index is 12.9. The number of hydrogen-bond acceptors (Lipinski definition) is 6. The molecular formula is C24H19ClN2O6. The molecule has 1 aliphatic rings. The van der Waals surface area contributed by atoms with Gasteiger partial charge < -0.3 is 13.9 Å². The largest absolute Gasteiger partial charge is 0.493 e. The quantitative estimate of drug-likeness (QED) is 0.414. The number of rotatable bonds is 7. The van der Waals surface area contributed by atoms with Crippen molar-refractivity contribution in [2.75, 3.05) is 7.11 Å². The van der Waals surface area contributed by atoms with E-state index in [0.717, 1.165) is 10.5 Å². The molecule has 0 unspecified atom stereocenters. The average Bonchev–Trinajstić information content (AvgIpc) is 3.33. The fourth-order valence-corrected chi connectivity index (χ4v) is 3.32. The highest BCUT2D eigenvalue weighted by molar-refractivity contribution is 6.31. The molecule has 1 fully saturated rings. The number of carbonyl (C=O) groups excluding carboxylic acids is 3. The van der Waals surface area contributed by atoms with E-state index in [-0.39, 0.29) is 12.1 Å². The highest BCUT2D eigenvalue weighted by Gasteiger charge is 2.36. The first-order chi connectivity index (χ1) is 15.9. The van der Waals surface area contributed by atoms with Gasteiger partial charge in [-0.15, -0.1) is 0 Å². The molecule has 1 saturated heterocycles. The lowest BCUT2D eigenvalue weighted by atomic mass is 10.1. The lowest BCUT2D eigenvalue weighted by Gasteiger charge is -2.25. The molecule has 1 aromatic heterocycles. The second kappa shape index (κ2) is 9.62. The standard InChI is InChI=1S/C24H19ClN2O6/c1-31-21-12-16(6-9-20(21)33-14-15-4-7-17(25)8-5-15)11-19-22(28)26-24(30)27(23(19)29)13-18-3-2-10-32-18/h2-12H,13-14H2,1H3,(H,26,28,30)/b19-11+. The maximum atomic E-state index is 12.9. The van der Waals surface area contributed by atoms with Gasteiger partial charge in [-0.2, -0.15) is 0 Å². The number of amides is 4. The number of hydrogen-bond donors (Lipinski definition) is 1. The predicted octanol–water partition coefficient (Wildman–Crippen LogP) is 4.18. The molecule has 8 nitrogen and oxygen atoms in total. The summed E-state index contributed by atoms with van der Waals surface area (Å²) in [5.41, 5.74) is 1.27. The van der Waals surface area contributed by atoms with Crippen molar-refractivity contribution in [3.05, 3.63) is 88.3 Å². The van der Waals surface area contributed by atoms with Gasteiger partial charge in [0.05, 0.1) is 19.9 Å². The van der Waals surface area contributed by atoms with Gasteiger partial charge in [0.2, 0.25) is 0 Å². The normalized spacial score (nSPS) is 15.0. The molecule has 0 radical (unpaired) electrons. The van der Waals surface area contributed by atoms with Gasteiger partial charge in [0.1, 0.15) is 17.9 Å². The Bertz CT molecular complexity index is 1220. The molecule has 9 heteroatoms. The van der Waals surface area contributed by atoms with E-state index in [1.165, 1.54) is 19.4 Å². The number of nitrogens with zero attached hydrogens (tertiary/aromatic N) is 1. The molecule has 1 aliphatic heterocycles. The van der Waals surface area contributed by atoms with Crippen LogP contribution in [0.4, 0.5) is 4.79 Å². The van der Waals surface area contributed by atoms with Crippen LogP contribution in [-0.4, -0.2) is 29.9 Å². The summed E-state index contributed by atoms with van der Waals surface area (Å²) in [6.07, 6.45) is 2.83. The van der Waals surface area contributed by atoms with E-state index in [1.807, 2.05) is 12.1 Å². The number of urea groups is 1. The highest BCUT2D eigenvalue weighted by Crippen LogP contribution is 2.30. The maximum Gasteiger partial charge on any atom is 0.331 e. The molecular weight excluding hydrogens is 448 g/mol. The van der Waals surface area contributed by atoms with Crippen molar-refractivity contribution < 1.29 is 28.3 Å². The molecule has 0 bridgehead atoms. The van der Waals surface area contributed by atoms with E-state index in [2.05, 4.69) is 5.32 Å². The van der Waals surface area contributed by atoms with Gasteiger partial charge in [-0.05, 0) is 53.6 Å². The number of ether oxygens (including phenoxy) is 2. The fourth-order valence-electron chi connectivity index (χ4n) is 3.20. The summed E-state index contributed by atoms with van der Waals surface area (Å²) in [6, 6.07) is 14.7. The van der Waals surface area contributed by atoms with Crippen LogP contribution in [0.1, 0.15) is 16.9 Å². The minimum atomic E-state index is -0.804. The van der Waals surface area contributed by atoms with E-state index in [9.17, 15) is 14.4 Å². The Morgan fingerprint density at radius 2 is 1.85 bits per heavy atom. The summed E-state index contributed by atoms with van der Waals surface area (Å²) in [6.45, 7) is 0.210. The lowest BCUT2D eigenvalue weighted by Crippen LogP contribution is -2.53. The molecule has 4 rings (SSSR count). The predicted molar refractivity (Wildman–Crippen MR) is 120 cm³/mol. The first-order valence-corrected chi connectivity index (χ1v) is 10.3. The average molecular weight is 467 g/mol. The number of barbiturate groups is 1. The minimum Gasteiger partial charge on any atom is -0.493 e. The third-order valence-electron chi connectivity index (χ3n) is 4.89. The topological polar surface area (TPSA) is 98.1 Å². The molecule has 0 atom stereocenters. The summed E-state index contributed by atoms with van der Waals surface area (Å²) in [4.78, 5) is 38.2. The Morgan fingerprint density at radius 3 is 2.55 bits per heavy atom. The smallest absolute Gasteiger partial charge is 0.331 e.